The lowest BCUT2D eigenvalue weighted by Crippen LogP contribution is -2.32. The van der Waals surface area contributed by atoms with Crippen molar-refractivity contribution in [2.24, 2.45) is 0 Å². The lowest BCUT2D eigenvalue weighted by atomic mass is 9.90. The van der Waals surface area contributed by atoms with Crippen molar-refractivity contribution in [2.75, 3.05) is 6.54 Å². The first kappa shape index (κ1) is 11.0. The third-order valence-corrected chi connectivity index (χ3v) is 3.30. The number of hydrogen-bond donors (Lipinski definition) is 1. The summed E-state index contributed by atoms with van der Waals surface area (Å²) in [5.41, 5.74) is 0.279. The normalized spacial score (nSPS) is 29.3. The van der Waals surface area contributed by atoms with E-state index in [-0.39, 0.29) is 13.0 Å². The van der Waals surface area contributed by atoms with Crippen LogP contribution in [0.1, 0.15) is 18.9 Å². The van der Waals surface area contributed by atoms with E-state index < -0.39 is 11.5 Å². The van der Waals surface area contributed by atoms with E-state index in [9.17, 15) is 8.78 Å². The van der Waals surface area contributed by atoms with E-state index in [0.29, 0.717) is 0 Å². The summed E-state index contributed by atoms with van der Waals surface area (Å²) in [6.07, 6.45) is -0.142. The molecule has 0 aromatic heterocycles. The lowest BCUT2D eigenvalue weighted by Gasteiger charge is -2.24. The largest absolute Gasteiger partial charge is 0.302 e. The SMILES string of the molecule is CC1(c2cccc(Br)c2)CC(F)(F)CN1. The monoisotopic (exact) mass is 275 g/mol. The Kier molecular flexibility index (Phi) is 2.59. The third-order valence-electron chi connectivity index (χ3n) is 2.81. The minimum Gasteiger partial charge on any atom is -0.302 e. The number of benzene rings is 1. The molecule has 1 N–H and O–H groups in total. The van der Waals surface area contributed by atoms with Gasteiger partial charge in [-0.05, 0) is 24.6 Å². The molecule has 1 aromatic rings. The Bertz CT molecular complexity index is 381. The molecule has 0 saturated carbocycles. The molecule has 0 amide bonds. The molecule has 0 bridgehead atoms. The highest BCUT2D eigenvalue weighted by molar-refractivity contribution is 9.10. The minimum absolute atomic E-state index is 0.142. The molecule has 1 nitrogen and oxygen atoms in total. The number of hydrogen-bond acceptors (Lipinski definition) is 1. The van der Waals surface area contributed by atoms with Gasteiger partial charge in [0.25, 0.3) is 5.92 Å². The van der Waals surface area contributed by atoms with Gasteiger partial charge in [0.05, 0.1) is 6.54 Å². The van der Waals surface area contributed by atoms with Crippen LogP contribution in [0.5, 0.6) is 0 Å². The van der Waals surface area contributed by atoms with Crippen molar-refractivity contribution in [2.45, 2.75) is 24.8 Å². The van der Waals surface area contributed by atoms with Crippen molar-refractivity contribution < 1.29 is 8.78 Å². The first-order valence-corrected chi connectivity index (χ1v) is 5.60. The second-order valence-corrected chi connectivity index (χ2v) is 5.14. The standard InChI is InChI=1S/C11H12BrF2N/c1-10(6-11(13,14)7-15-10)8-3-2-4-9(12)5-8/h2-5,15H,6-7H2,1H3. The van der Waals surface area contributed by atoms with E-state index in [1.54, 1.807) is 0 Å². The fraction of sp³-hybridized carbons (Fsp3) is 0.455. The summed E-state index contributed by atoms with van der Waals surface area (Å²) in [6.45, 7) is 1.58. The van der Waals surface area contributed by atoms with Gasteiger partial charge in [0.2, 0.25) is 0 Å². The van der Waals surface area contributed by atoms with E-state index in [1.807, 2.05) is 31.2 Å². The van der Waals surface area contributed by atoms with Gasteiger partial charge in [-0.3, -0.25) is 0 Å². The minimum atomic E-state index is -2.60. The molecule has 4 heteroatoms. The van der Waals surface area contributed by atoms with Crippen LogP contribution in [0.4, 0.5) is 8.78 Å². The maximum atomic E-state index is 13.2. The molecule has 1 aliphatic rings. The zero-order chi connectivity index (χ0) is 11.1. The Labute approximate surface area is 96.0 Å². The van der Waals surface area contributed by atoms with Gasteiger partial charge in [-0.1, -0.05) is 28.1 Å². The number of rotatable bonds is 1. The number of alkyl halides is 2. The average Bonchev–Trinajstić information content (AvgIpc) is 2.42. The summed E-state index contributed by atoms with van der Waals surface area (Å²) in [7, 11) is 0. The Morgan fingerprint density at radius 1 is 1.40 bits per heavy atom. The van der Waals surface area contributed by atoms with Gasteiger partial charge in [-0.25, -0.2) is 8.78 Å². The summed E-state index contributed by atoms with van der Waals surface area (Å²) in [4.78, 5) is 0. The summed E-state index contributed by atoms with van der Waals surface area (Å²) >= 11 is 3.35. The van der Waals surface area contributed by atoms with Crippen molar-refractivity contribution in [3.8, 4) is 0 Å². The maximum Gasteiger partial charge on any atom is 0.262 e. The Morgan fingerprint density at radius 2 is 2.13 bits per heavy atom. The van der Waals surface area contributed by atoms with Gasteiger partial charge in [0, 0.05) is 16.4 Å². The van der Waals surface area contributed by atoms with Gasteiger partial charge in [-0.15, -0.1) is 0 Å². The van der Waals surface area contributed by atoms with Crippen LogP contribution in [0, 0.1) is 0 Å². The summed E-state index contributed by atoms with van der Waals surface area (Å²) < 4.78 is 27.2. The predicted octanol–water partition coefficient (Wildman–Crippen LogP) is 3.29. The molecular weight excluding hydrogens is 264 g/mol. The van der Waals surface area contributed by atoms with E-state index in [2.05, 4.69) is 21.2 Å². The highest BCUT2D eigenvalue weighted by Crippen LogP contribution is 2.39. The molecule has 2 rings (SSSR count). The van der Waals surface area contributed by atoms with E-state index in [1.165, 1.54) is 0 Å². The molecule has 1 atom stereocenters. The Balaban J connectivity index is 2.31. The van der Waals surface area contributed by atoms with Crippen LogP contribution in [0.25, 0.3) is 0 Å². The van der Waals surface area contributed by atoms with Crippen molar-refractivity contribution in [1.82, 2.24) is 5.32 Å². The van der Waals surface area contributed by atoms with Crippen LogP contribution in [0.3, 0.4) is 0 Å². The zero-order valence-corrected chi connectivity index (χ0v) is 9.94. The molecule has 0 spiro atoms. The van der Waals surface area contributed by atoms with Crippen LogP contribution < -0.4 is 5.32 Å². The van der Waals surface area contributed by atoms with Gasteiger partial charge in [-0.2, -0.15) is 0 Å². The topological polar surface area (TPSA) is 12.0 Å². The first-order chi connectivity index (χ1) is 6.91. The molecule has 1 fully saturated rings. The van der Waals surface area contributed by atoms with E-state index in [4.69, 9.17) is 0 Å². The van der Waals surface area contributed by atoms with Crippen molar-refractivity contribution >= 4 is 15.9 Å². The molecule has 15 heavy (non-hydrogen) atoms. The summed E-state index contributed by atoms with van der Waals surface area (Å²) in [6, 6.07) is 7.51. The number of nitrogens with one attached hydrogen (secondary N) is 1. The second kappa shape index (κ2) is 3.52. The highest BCUT2D eigenvalue weighted by Gasteiger charge is 2.47. The zero-order valence-electron chi connectivity index (χ0n) is 8.36. The molecule has 82 valence electrons. The molecule has 0 aliphatic carbocycles. The van der Waals surface area contributed by atoms with Gasteiger partial charge in [0.15, 0.2) is 0 Å². The van der Waals surface area contributed by atoms with Crippen LogP contribution in [0.15, 0.2) is 28.7 Å². The average molecular weight is 276 g/mol. The van der Waals surface area contributed by atoms with Gasteiger partial charge < -0.3 is 5.32 Å². The molecule has 1 unspecified atom stereocenters. The predicted molar refractivity (Wildman–Crippen MR) is 59.1 cm³/mol. The van der Waals surface area contributed by atoms with Gasteiger partial charge >= 0.3 is 0 Å². The lowest BCUT2D eigenvalue weighted by molar-refractivity contribution is 0.0165. The molecule has 1 aliphatic heterocycles. The number of halogens is 3. The highest BCUT2D eigenvalue weighted by atomic mass is 79.9. The van der Waals surface area contributed by atoms with Crippen molar-refractivity contribution in [1.29, 1.82) is 0 Å². The third kappa shape index (κ3) is 2.21. The smallest absolute Gasteiger partial charge is 0.262 e. The molecule has 1 aromatic carbocycles. The maximum absolute atomic E-state index is 13.2. The fourth-order valence-electron chi connectivity index (χ4n) is 2.00. The molecule has 1 heterocycles. The summed E-state index contributed by atoms with van der Waals surface area (Å²) in [5.74, 6) is -2.60. The second-order valence-electron chi connectivity index (χ2n) is 4.23. The van der Waals surface area contributed by atoms with Crippen LogP contribution >= 0.6 is 15.9 Å². The van der Waals surface area contributed by atoms with Crippen molar-refractivity contribution in [3.05, 3.63) is 34.3 Å². The summed E-state index contributed by atoms with van der Waals surface area (Å²) in [5, 5.41) is 2.90. The van der Waals surface area contributed by atoms with E-state index >= 15 is 0 Å². The molecule has 1 saturated heterocycles. The van der Waals surface area contributed by atoms with Crippen LogP contribution in [0.2, 0.25) is 0 Å². The Hall–Kier alpha value is -0.480. The molecule has 0 radical (unpaired) electrons. The van der Waals surface area contributed by atoms with Crippen molar-refractivity contribution in [3.63, 3.8) is 0 Å². The molecular formula is C11H12BrF2N. The van der Waals surface area contributed by atoms with Crippen LogP contribution in [-0.4, -0.2) is 12.5 Å². The fourth-order valence-corrected chi connectivity index (χ4v) is 2.40. The first-order valence-electron chi connectivity index (χ1n) is 4.80. The quantitative estimate of drug-likeness (QED) is 0.830. The van der Waals surface area contributed by atoms with E-state index in [0.717, 1.165) is 10.0 Å². The van der Waals surface area contributed by atoms with Gasteiger partial charge in [0.1, 0.15) is 0 Å². The Morgan fingerprint density at radius 3 is 2.67 bits per heavy atom. The van der Waals surface area contributed by atoms with Crippen LogP contribution in [-0.2, 0) is 5.54 Å².